The molecule has 2 aliphatic heterocycles. The highest BCUT2D eigenvalue weighted by molar-refractivity contribution is 5.91. The first-order valence-electron chi connectivity index (χ1n) is 12.8. The fourth-order valence-corrected chi connectivity index (χ4v) is 5.08. The second-order valence-electron chi connectivity index (χ2n) is 9.60. The fraction of sp³-hybridized carbons (Fsp3) is 0.444. The number of benzene rings is 1. The standard InChI is InChI=1S/C27H33F2N5O5/c1-39-16-34(22(35)6-4-12-33-13-9-17(10-14-33)21-5-2-3-11-30-21)25-23(26(36)37)24(31-27(38)32-25)18-7-8-19(28)20(29)15-18/h2-3,5,7-8,11,15,17,24,27,31-32,38H,4,6,9-10,12-14,16H2,1H3,(H,36,37). The summed E-state index contributed by atoms with van der Waals surface area (Å²) in [5.74, 6) is -3.82. The highest BCUT2D eigenvalue weighted by Gasteiger charge is 2.37. The Morgan fingerprint density at radius 1 is 1.18 bits per heavy atom. The number of methoxy groups -OCH3 is 1. The molecule has 0 aliphatic carbocycles. The van der Waals surface area contributed by atoms with Gasteiger partial charge in [-0.25, -0.2) is 13.6 Å². The van der Waals surface area contributed by atoms with Gasteiger partial charge in [-0.2, -0.15) is 0 Å². The Kier molecular flexibility index (Phi) is 9.57. The zero-order chi connectivity index (χ0) is 27.9. The van der Waals surface area contributed by atoms with Crippen molar-refractivity contribution in [1.29, 1.82) is 0 Å². The summed E-state index contributed by atoms with van der Waals surface area (Å²) in [5.41, 5.74) is 0.833. The Morgan fingerprint density at radius 2 is 1.95 bits per heavy atom. The second kappa shape index (κ2) is 13.1. The van der Waals surface area contributed by atoms with Crippen LogP contribution in [0.15, 0.2) is 54.0 Å². The van der Waals surface area contributed by atoms with Crippen molar-refractivity contribution >= 4 is 11.9 Å². The van der Waals surface area contributed by atoms with Gasteiger partial charge in [0.2, 0.25) is 5.91 Å². The van der Waals surface area contributed by atoms with Crippen LogP contribution in [0.25, 0.3) is 0 Å². The number of ether oxygens (including phenoxy) is 1. The summed E-state index contributed by atoms with van der Waals surface area (Å²) in [4.78, 5) is 33.5. The van der Waals surface area contributed by atoms with Crippen LogP contribution in [0.5, 0.6) is 0 Å². The van der Waals surface area contributed by atoms with E-state index < -0.39 is 35.9 Å². The molecule has 2 atom stereocenters. The molecule has 0 bridgehead atoms. The third-order valence-electron chi connectivity index (χ3n) is 7.04. The zero-order valence-electron chi connectivity index (χ0n) is 21.6. The van der Waals surface area contributed by atoms with E-state index in [1.54, 1.807) is 6.20 Å². The van der Waals surface area contributed by atoms with E-state index in [0.717, 1.165) is 48.7 Å². The van der Waals surface area contributed by atoms with E-state index in [9.17, 15) is 28.6 Å². The number of carbonyl (C=O) groups excluding carboxylic acids is 1. The number of rotatable bonds is 10. The topological polar surface area (TPSA) is 127 Å². The van der Waals surface area contributed by atoms with Crippen LogP contribution in [-0.4, -0.2) is 76.7 Å². The summed E-state index contributed by atoms with van der Waals surface area (Å²) in [6, 6.07) is 7.66. The van der Waals surface area contributed by atoms with Crippen LogP contribution >= 0.6 is 0 Å². The monoisotopic (exact) mass is 545 g/mol. The van der Waals surface area contributed by atoms with Gasteiger partial charge in [-0.15, -0.1) is 0 Å². The molecule has 1 fully saturated rings. The summed E-state index contributed by atoms with van der Waals surface area (Å²) >= 11 is 0. The maximum atomic E-state index is 13.9. The minimum absolute atomic E-state index is 0.0725. The van der Waals surface area contributed by atoms with E-state index in [-0.39, 0.29) is 30.1 Å². The van der Waals surface area contributed by atoms with E-state index in [0.29, 0.717) is 18.9 Å². The van der Waals surface area contributed by atoms with E-state index in [1.165, 1.54) is 13.2 Å². The van der Waals surface area contributed by atoms with Crippen molar-refractivity contribution in [2.75, 3.05) is 33.5 Å². The molecule has 4 rings (SSSR count). The number of carboxylic acid groups (broad SMARTS) is 1. The number of piperidine rings is 1. The Morgan fingerprint density at radius 3 is 2.59 bits per heavy atom. The summed E-state index contributed by atoms with van der Waals surface area (Å²) in [5, 5.41) is 25.6. The van der Waals surface area contributed by atoms with Gasteiger partial charge in [-0.1, -0.05) is 12.1 Å². The van der Waals surface area contributed by atoms with Crippen molar-refractivity contribution in [3.05, 3.63) is 76.9 Å². The summed E-state index contributed by atoms with van der Waals surface area (Å²) in [6.45, 7) is 2.20. The number of aliphatic carboxylic acids is 1. The molecule has 1 aromatic heterocycles. The average molecular weight is 546 g/mol. The number of carboxylic acids is 1. The molecule has 3 heterocycles. The number of pyridine rings is 1. The molecule has 2 aromatic rings. The fourth-order valence-electron chi connectivity index (χ4n) is 5.08. The van der Waals surface area contributed by atoms with Gasteiger partial charge in [0.25, 0.3) is 0 Å². The van der Waals surface area contributed by atoms with Crippen LogP contribution in [0.4, 0.5) is 8.78 Å². The Hall–Kier alpha value is -3.45. The number of likely N-dealkylation sites (tertiary alicyclic amines) is 1. The lowest BCUT2D eigenvalue weighted by molar-refractivity contribution is -0.136. The number of aliphatic hydroxyl groups excluding tert-OH is 1. The highest BCUT2D eigenvalue weighted by atomic mass is 19.2. The van der Waals surface area contributed by atoms with Gasteiger partial charge >= 0.3 is 5.97 Å². The maximum absolute atomic E-state index is 13.9. The molecule has 12 heteroatoms. The van der Waals surface area contributed by atoms with Gasteiger partial charge < -0.3 is 25.2 Å². The molecule has 4 N–H and O–H groups in total. The minimum Gasteiger partial charge on any atom is -0.478 e. The highest BCUT2D eigenvalue weighted by Crippen LogP contribution is 2.30. The molecule has 210 valence electrons. The lowest BCUT2D eigenvalue weighted by Gasteiger charge is -2.37. The van der Waals surface area contributed by atoms with Crippen molar-refractivity contribution < 1.29 is 33.3 Å². The smallest absolute Gasteiger partial charge is 0.337 e. The number of nitrogens with zero attached hydrogens (tertiary/aromatic N) is 3. The largest absolute Gasteiger partial charge is 0.478 e. The van der Waals surface area contributed by atoms with Crippen LogP contribution in [0.3, 0.4) is 0 Å². The Bertz CT molecular complexity index is 1190. The van der Waals surface area contributed by atoms with Crippen LogP contribution in [0, 0.1) is 11.6 Å². The van der Waals surface area contributed by atoms with Gasteiger partial charge in [-0.05, 0) is 68.7 Å². The summed E-state index contributed by atoms with van der Waals surface area (Å²) in [6.07, 6.45) is 2.96. The van der Waals surface area contributed by atoms with Gasteiger partial charge in [0, 0.05) is 31.3 Å². The normalized spacial score (nSPS) is 20.5. The molecule has 39 heavy (non-hydrogen) atoms. The van der Waals surface area contributed by atoms with Crippen LogP contribution in [0.1, 0.15) is 48.9 Å². The molecule has 1 amide bonds. The van der Waals surface area contributed by atoms with Gasteiger partial charge in [0.15, 0.2) is 18.0 Å². The lowest BCUT2D eigenvalue weighted by Crippen LogP contribution is -2.55. The van der Waals surface area contributed by atoms with Gasteiger partial charge in [-0.3, -0.25) is 20.0 Å². The van der Waals surface area contributed by atoms with E-state index >= 15 is 0 Å². The van der Waals surface area contributed by atoms with Crippen LogP contribution in [-0.2, 0) is 14.3 Å². The van der Waals surface area contributed by atoms with Crippen LogP contribution < -0.4 is 10.6 Å². The molecule has 2 unspecified atom stereocenters. The summed E-state index contributed by atoms with van der Waals surface area (Å²) in [7, 11) is 1.36. The van der Waals surface area contributed by atoms with E-state index in [1.807, 2.05) is 18.2 Å². The molecule has 10 nitrogen and oxygen atoms in total. The number of hydrogen-bond acceptors (Lipinski definition) is 8. The maximum Gasteiger partial charge on any atom is 0.337 e. The number of aliphatic hydroxyl groups is 1. The van der Waals surface area contributed by atoms with Crippen molar-refractivity contribution in [3.8, 4) is 0 Å². The third-order valence-corrected chi connectivity index (χ3v) is 7.04. The molecule has 2 aliphatic rings. The van der Waals surface area contributed by atoms with Gasteiger partial charge in [0.1, 0.15) is 12.6 Å². The molecule has 0 saturated carbocycles. The Labute approximate surface area is 225 Å². The SMILES string of the molecule is COCN(C(=O)CCCN1CCC(c2ccccn2)CC1)C1=C(C(=O)O)C(c2ccc(F)c(F)c2)NC(O)N1. The zero-order valence-corrected chi connectivity index (χ0v) is 21.6. The van der Waals surface area contributed by atoms with Crippen molar-refractivity contribution in [2.24, 2.45) is 0 Å². The van der Waals surface area contributed by atoms with E-state index in [2.05, 4.69) is 20.5 Å². The number of halogens is 2. The second-order valence-corrected chi connectivity index (χ2v) is 9.60. The average Bonchev–Trinajstić information content (AvgIpc) is 2.93. The third kappa shape index (κ3) is 6.95. The lowest BCUT2D eigenvalue weighted by atomic mass is 9.93. The molecule has 1 aromatic carbocycles. The molecular formula is C27H33F2N5O5. The minimum atomic E-state index is -1.46. The first-order chi connectivity index (χ1) is 18.8. The quantitative estimate of drug-likeness (QED) is 0.333. The van der Waals surface area contributed by atoms with Crippen LogP contribution in [0.2, 0.25) is 0 Å². The predicted molar refractivity (Wildman–Crippen MR) is 137 cm³/mol. The van der Waals surface area contributed by atoms with Crippen molar-refractivity contribution in [2.45, 2.75) is 44.0 Å². The van der Waals surface area contributed by atoms with E-state index in [4.69, 9.17) is 4.74 Å². The van der Waals surface area contributed by atoms with Gasteiger partial charge in [0.05, 0.1) is 11.6 Å². The first kappa shape index (κ1) is 28.6. The number of amides is 1. The number of nitrogens with one attached hydrogen (secondary N) is 2. The first-order valence-corrected chi connectivity index (χ1v) is 12.8. The van der Waals surface area contributed by atoms with Crippen molar-refractivity contribution in [3.63, 3.8) is 0 Å². The summed E-state index contributed by atoms with van der Waals surface area (Å²) < 4.78 is 32.6. The molecule has 1 saturated heterocycles. The molecular weight excluding hydrogens is 512 g/mol. The number of hydrogen-bond donors (Lipinski definition) is 4. The number of aromatic nitrogens is 1. The molecule has 0 spiro atoms. The molecule has 0 radical (unpaired) electrons. The predicted octanol–water partition coefficient (Wildman–Crippen LogP) is 2.26. The number of carbonyl (C=O) groups is 2. The van der Waals surface area contributed by atoms with Crippen molar-refractivity contribution in [1.82, 2.24) is 25.4 Å². The Balaban J connectivity index is 1.44.